The Morgan fingerprint density at radius 1 is 1.11 bits per heavy atom. The summed E-state index contributed by atoms with van der Waals surface area (Å²) in [7, 11) is 2.08. The first-order valence-corrected chi connectivity index (χ1v) is 7.61. The number of nitrogens with one attached hydrogen (secondary N) is 1. The molecule has 2 heterocycles. The molecule has 1 aromatic rings. The molecule has 2 heteroatoms. The van der Waals surface area contributed by atoms with Crippen LogP contribution in [0.1, 0.15) is 56.2 Å². The zero-order valence-corrected chi connectivity index (χ0v) is 12.2. The Morgan fingerprint density at radius 2 is 1.79 bits per heavy atom. The molecule has 19 heavy (non-hydrogen) atoms. The molecule has 2 bridgehead atoms. The molecule has 4 unspecified atom stereocenters. The summed E-state index contributed by atoms with van der Waals surface area (Å²) in [5.74, 6) is 1.25. The Morgan fingerprint density at radius 3 is 2.26 bits per heavy atom. The highest BCUT2D eigenvalue weighted by atomic mass is 16.5. The first kappa shape index (κ1) is 13.1. The highest BCUT2D eigenvalue weighted by Crippen LogP contribution is 2.44. The number of hydrogen-bond acceptors (Lipinski definition) is 2. The summed E-state index contributed by atoms with van der Waals surface area (Å²) in [6.45, 7) is 4.49. The molecule has 0 aliphatic carbocycles. The van der Waals surface area contributed by atoms with E-state index in [-0.39, 0.29) is 0 Å². The molecule has 1 N–H and O–H groups in total. The lowest BCUT2D eigenvalue weighted by atomic mass is 9.81. The summed E-state index contributed by atoms with van der Waals surface area (Å²) in [6, 6.07) is 9.58. The molecule has 4 atom stereocenters. The van der Waals surface area contributed by atoms with Crippen molar-refractivity contribution in [2.24, 2.45) is 5.92 Å². The van der Waals surface area contributed by atoms with Crippen LogP contribution in [0.3, 0.4) is 0 Å². The van der Waals surface area contributed by atoms with Crippen LogP contribution in [0.5, 0.6) is 0 Å². The third kappa shape index (κ3) is 2.44. The molecule has 2 aliphatic rings. The summed E-state index contributed by atoms with van der Waals surface area (Å²) >= 11 is 0. The summed E-state index contributed by atoms with van der Waals surface area (Å²) < 4.78 is 6.01. The summed E-state index contributed by atoms with van der Waals surface area (Å²) in [5.41, 5.74) is 2.83. The first-order valence-electron chi connectivity index (χ1n) is 7.61. The van der Waals surface area contributed by atoms with E-state index in [0.29, 0.717) is 30.1 Å². The molecular weight excluding hydrogens is 234 g/mol. The van der Waals surface area contributed by atoms with Gasteiger partial charge >= 0.3 is 0 Å². The maximum Gasteiger partial charge on any atom is 0.0627 e. The van der Waals surface area contributed by atoms with Gasteiger partial charge in [0.2, 0.25) is 0 Å². The number of rotatable bonds is 4. The number of hydrogen-bond donors (Lipinski definition) is 1. The van der Waals surface area contributed by atoms with E-state index in [0.717, 1.165) is 0 Å². The minimum atomic E-state index is 0.441. The van der Waals surface area contributed by atoms with E-state index in [1.807, 2.05) is 0 Å². The van der Waals surface area contributed by atoms with E-state index in [1.54, 1.807) is 0 Å². The van der Waals surface area contributed by atoms with Gasteiger partial charge in [0.05, 0.1) is 12.2 Å². The third-order valence-corrected chi connectivity index (χ3v) is 4.85. The molecule has 0 radical (unpaired) electrons. The fraction of sp³-hybridized carbons (Fsp3) is 0.647. The number of fused-ring (bicyclic) bond motifs is 2. The molecular formula is C17H25NO. The van der Waals surface area contributed by atoms with Gasteiger partial charge in [-0.15, -0.1) is 0 Å². The Balaban J connectivity index is 1.78. The van der Waals surface area contributed by atoms with Gasteiger partial charge in [0.25, 0.3) is 0 Å². The van der Waals surface area contributed by atoms with Gasteiger partial charge in [0.15, 0.2) is 0 Å². The van der Waals surface area contributed by atoms with E-state index in [4.69, 9.17) is 4.74 Å². The lowest BCUT2D eigenvalue weighted by Gasteiger charge is -2.28. The molecule has 0 spiro atoms. The van der Waals surface area contributed by atoms with Gasteiger partial charge in [-0.25, -0.2) is 0 Å². The second-order valence-corrected chi connectivity index (χ2v) is 6.36. The van der Waals surface area contributed by atoms with Gasteiger partial charge in [-0.05, 0) is 43.4 Å². The van der Waals surface area contributed by atoms with Crippen LogP contribution >= 0.6 is 0 Å². The average molecular weight is 259 g/mol. The van der Waals surface area contributed by atoms with Crippen molar-refractivity contribution in [3.05, 3.63) is 35.4 Å². The molecule has 2 saturated heterocycles. The van der Waals surface area contributed by atoms with Crippen molar-refractivity contribution in [1.29, 1.82) is 0 Å². The predicted molar refractivity (Wildman–Crippen MR) is 78.3 cm³/mol. The molecule has 3 rings (SSSR count). The zero-order chi connectivity index (χ0) is 13.4. The van der Waals surface area contributed by atoms with Crippen molar-refractivity contribution in [3.8, 4) is 0 Å². The Hall–Kier alpha value is -0.860. The fourth-order valence-electron chi connectivity index (χ4n) is 3.74. The second-order valence-electron chi connectivity index (χ2n) is 6.36. The SMILES string of the molecule is CNC(c1ccc(C(C)C)cc1)C1CC2CCC1O2. The molecule has 1 aromatic carbocycles. The van der Waals surface area contributed by atoms with Crippen LogP contribution in [0, 0.1) is 5.92 Å². The number of benzene rings is 1. The summed E-state index contributed by atoms with van der Waals surface area (Å²) in [6.07, 6.45) is 4.75. The lowest BCUT2D eigenvalue weighted by molar-refractivity contribution is 0.0863. The fourth-order valence-corrected chi connectivity index (χ4v) is 3.74. The quantitative estimate of drug-likeness (QED) is 0.891. The van der Waals surface area contributed by atoms with Crippen LogP contribution in [-0.4, -0.2) is 19.3 Å². The van der Waals surface area contributed by atoms with Gasteiger partial charge in [-0.2, -0.15) is 0 Å². The van der Waals surface area contributed by atoms with E-state index in [2.05, 4.69) is 50.5 Å². The van der Waals surface area contributed by atoms with E-state index >= 15 is 0 Å². The molecule has 0 amide bonds. The van der Waals surface area contributed by atoms with Gasteiger partial charge in [-0.1, -0.05) is 38.1 Å². The third-order valence-electron chi connectivity index (χ3n) is 4.85. The maximum atomic E-state index is 6.01. The maximum absolute atomic E-state index is 6.01. The van der Waals surface area contributed by atoms with Crippen molar-refractivity contribution in [3.63, 3.8) is 0 Å². The van der Waals surface area contributed by atoms with Gasteiger partial charge < -0.3 is 10.1 Å². The van der Waals surface area contributed by atoms with Crippen molar-refractivity contribution in [1.82, 2.24) is 5.32 Å². The normalized spacial score (nSPS) is 31.1. The molecule has 2 nitrogen and oxygen atoms in total. The number of ether oxygens (including phenoxy) is 1. The van der Waals surface area contributed by atoms with Gasteiger partial charge in [0.1, 0.15) is 0 Å². The Kier molecular flexibility index (Phi) is 3.64. The van der Waals surface area contributed by atoms with Crippen molar-refractivity contribution in [2.75, 3.05) is 7.05 Å². The summed E-state index contributed by atoms with van der Waals surface area (Å²) in [4.78, 5) is 0. The van der Waals surface area contributed by atoms with Crippen LogP contribution in [0.25, 0.3) is 0 Å². The average Bonchev–Trinajstić information content (AvgIpc) is 3.03. The minimum Gasteiger partial charge on any atom is -0.375 e. The highest BCUT2D eigenvalue weighted by molar-refractivity contribution is 5.28. The van der Waals surface area contributed by atoms with E-state index in [1.165, 1.54) is 30.4 Å². The standard InChI is InChI=1S/C17H25NO/c1-11(2)12-4-6-13(7-5-12)17(18-3)15-10-14-8-9-16(15)19-14/h4-7,11,14-18H,8-10H2,1-3H3. The van der Waals surface area contributed by atoms with Crippen molar-refractivity contribution < 1.29 is 4.74 Å². The van der Waals surface area contributed by atoms with Crippen LogP contribution in [0.15, 0.2) is 24.3 Å². The van der Waals surface area contributed by atoms with Crippen LogP contribution < -0.4 is 5.32 Å². The zero-order valence-electron chi connectivity index (χ0n) is 12.2. The van der Waals surface area contributed by atoms with E-state index < -0.39 is 0 Å². The largest absolute Gasteiger partial charge is 0.375 e. The smallest absolute Gasteiger partial charge is 0.0627 e. The molecule has 2 fully saturated rings. The van der Waals surface area contributed by atoms with Crippen LogP contribution in [0.2, 0.25) is 0 Å². The van der Waals surface area contributed by atoms with Crippen LogP contribution in [0.4, 0.5) is 0 Å². The predicted octanol–water partition coefficient (Wildman–Crippen LogP) is 3.64. The molecule has 0 aromatic heterocycles. The molecule has 104 valence electrons. The Labute approximate surface area is 116 Å². The van der Waals surface area contributed by atoms with Crippen LogP contribution in [-0.2, 0) is 4.74 Å². The summed E-state index contributed by atoms with van der Waals surface area (Å²) in [5, 5.41) is 3.51. The second kappa shape index (κ2) is 5.26. The highest BCUT2D eigenvalue weighted by Gasteiger charge is 2.44. The van der Waals surface area contributed by atoms with E-state index in [9.17, 15) is 0 Å². The topological polar surface area (TPSA) is 21.3 Å². The first-order chi connectivity index (χ1) is 9.19. The molecule has 0 saturated carbocycles. The monoisotopic (exact) mass is 259 g/mol. The Bertz CT molecular complexity index is 425. The van der Waals surface area contributed by atoms with Gasteiger partial charge in [0, 0.05) is 12.0 Å². The minimum absolute atomic E-state index is 0.441. The lowest BCUT2D eigenvalue weighted by Crippen LogP contribution is -2.31. The van der Waals surface area contributed by atoms with Gasteiger partial charge in [-0.3, -0.25) is 0 Å². The molecule has 2 aliphatic heterocycles. The van der Waals surface area contributed by atoms with Crippen molar-refractivity contribution >= 4 is 0 Å². The van der Waals surface area contributed by atoms with Crippen molar-refractivity contribution in [2.45, 2.75) is 57.3 Å².